The number of hydrogen-bond donors (Lipinski definition) is 1. The maximum Gasteiger partial charge on any atom is 0.225 e. The Morgan fingerprint density at radius 2 is 1.78 bits per heavy atom. The normalized spacial score (nSPS) is 22.9. The third kappa shape index (κ3) is 5.47. The number of hydrogen-bond acceptors (Lipinski definition) is 3. The zero-order chi connectivity index (χ0) is 19.1. The van der Waals surface area contributed by atoms with Crippen LogP contribution in [0.2, 0.25) is 0 Å². The monoisotopic (exact) mass is 372 g/mol. The molecule has 1 saturated heterocycles. The van der Waals surface area contributed by atoms with Crippen molar-refractivity contribution in [2.75, 3.05) is 26.7 Å². The largest absolute Gasteiger partial charge is 0.497 e. The molecule has 0 aromatic heterocycles. The average molecular weight is 373 g/mol. The number of carbonyl (C=O) groups is 2. The first-order valence-electron chi connectivity index (χ1n) is 10.4. The maximum atomic E-state index is 12.6. The summed E-state index contributed by atoms with van der Waals surface area (Å²) in [6.07, 6.45) is 7.67. The van der Waals surface area contributed by atoms with E-state index in [1.165, 1.54) is 6.42 Å². The molecule has 1 aromatic carbocycles. The molecule has 1 N–H and O–H groups in total. The van der Waals surface area contributed by atoms with E-state index in [0.717, 1.165) is 69.3 Å². The number of ether oxygens (including phenoxy) is 1. The summed E-state index contributed by atoms with van der Waals surface area (Å²) >= 11 is 0. The minimum atomic E-state index is 0.0562. The van der Waals surface area contributed by atoms with Crippen molar-refractivity contribution in [3.8, 4) is 5.75 Å². The second kappa shape index (κ2) is 9.77. The molecule has 1 heterocycles. The Morgan fingerprint density at radius 1 is 1.07 bits per heavy atom. The van der Waals surface area contributed by atoms with Gasteiger partial charge < -0.3 is 15.0 Å². The zero-order valence-electron chi connectivity index (χ0n) is 16.4. The van der Waals surface area contributed by atoms with Crippen LogP contribution in [0.1, 0.15) is 50.5 Å². The Kier molecular flexibility index (Phi) is 7.13. The molecule has 27 heavy (non-hydrogen) atoms. The molecule has 1 aliphatic carbocycles. The van der Waals surface area contributed by atoms with Crippen molar-refractivity contribution in [3.05, 3.63) is 29.8 Å². The van der Waals surface area contributed by atoms with Crippen molar-refractivity contribution in [2.24, 2.45) is 11.8 Å². The van der Waals surface area contributed by atoms with Gasteiger partial charge in [-0.05, 0) is 69.1 Å². The van der Waals surface area contributed by atoms with Crippen molar-refractivity contribution in [2.45, 2.75) is 51.4 Å². The van der Waals surface area contributed by atoms with Gasteiger partial charge in [0, 0.05) is 31.5 Å². The number of amides is 2. The Hall–Kier alpha value is -2.04. The lowest BCUT2D eigenvalue weighted by atomic mass is 9.80. The van der Waals surface area contributed by atoms with Crippen LogP contribution in [-0.4, -0.2) is 43.5 Å². The molecule has 0 spiro atoms. The third-order valence-corrected chi connectivity index (χ3v) is 5.96. The molecular weight excluding hydrogens is 340 g/mol. The Labute approximate surface area is 162 Å². The van der Waals surface area contributed by atoms with E-state index in [1.807, 2.05) is 29.2 Å². The highest BCUT2D eigenvalue weighted by Crippen LogP contribution is 2.31. The van der Waals surface area contributed by atoms with Crippen LogP contribution in [0.3, 0.4) is 0 Å². The molecule has 1 aromatic rings. The lowest BCUT2D eigenvalue weighted by Gasteiger charge is -2.33. The van der Waals surface area contributed by atoms with E-state index >= 15 is 0 Å². The van der Waals surface area contributed by atoms with Crippen LogP contribution >= 0.6 is 0 Å². The number of benzene rings is 1. The fourth-order valence-electron chi connectivity index (χ4n) is 4.28. The first-order chi connectivity index (χ1) is 13.2. The third-order valence-electron chi connectivity index (χ3n) is 5.96. The van der Waals surface area contributed by atoms with E-state index in [-0.39, 0.29) is 17.7 Å². The van der Waals surface area contributed by atoms with Crippen LogP contribution in [0.15, 0.2) is 24.3 Å². The van der Waals surface area contributed by atoms with E-state index in [0.29, 0.717) is 12.5 Å². The molecule has 5 heteroatoms. The highest BCUT2D eigenvalue weighted by molar-refractivity contribution is 5.81. The van der Waals surface area contributed by atoms with E-state index in [1.54, 1.807) is 7.11 Å². The molecule has 3 rings (SSSR count). The topological polar surface area (TPSA) is 58.6 Å². The molecular formula is C22H32N2O3. The van der Waals surface area contributed by atoms with Gasteiger partial charge >= 0.3 is 0 Å². The van der Waals surface area contributed by atoms with Crippen LogP contribution < -0.4 is 10.1 Å². The van der Waals surface area contributed by atoms with E-state index < -0.39 is 0 Å². The van der Waals surface area contributed by atoms with Crippen LogP contribution in [0.5, 0.6) is 5.75 Å². The quantitative estimate of drug-likeness (QED) is 0.834. The molecule has 5 nitrogen and oxygen atoms in total. The molecule has 0 radical (unpaired) electrons. The van der Waals surface area contributed by atoms with E-state index in [9.17, 15) is 9.59 Å². The fourth-order valence-corrected chi connectivity index (χ4v) is 4.28. The van der Waals surface area contributed by atoms with Crippen LogP contribution in [-0.2, 0) is 16.0 Å². The summed E-state index contributed by atoms with van der Waals surface area (Å²) in [5, 5.41) is 3.07. The number of likely N-dealkylation sites (tertiary alicyclic amines) is 1. The summed E-state index contributed by atoms with van der Waals surface area (Å²) in [5.41, 5.74) is 1.16. The summed E-state index contributed by atoms with van der Waals surface area (Å²) in [4.78, 5) is 27.1. The summed E-state index contributed by atoms with van der Waals surface area (Å²) in [6.45, 7) is 2.48. The van der Waals surface area contributed by atoms with Gasteiger partial charge in [0.15, 0.2) is 0 Å². The molecule has 2 amide bonds. The molecule has 1 saturated carbocycles. The van der Waals surface area contributed by atoms with Crippen molar-refractivity contribution >= 4 is 11.8 Å². The number of nitrogens with zero attached hydrogens (tertiary/aromatic N) is 1. The van der Waals surface area contributed by atoms with Gasteiger partial charge in [-0.3, -0.25) is 9.59 Å². The van der Waals surface area contributed by atoms with Crippen LogP contribution in [0.4, 0.5) is 0 Å². The van der Waals surface area contributed by atoms with Crippen molar-refractivity contribution in [1.29, 1.82) is 0 Å². The summed E-state index contributed by atoms with van der Waals surface area (Å²) < 4.78 is 5.23. The lowest BCUT2D eigenvalue weighted by Crippen LogP contribution is -2.42. The highest BCUT2D eigenvalue weighted by atomic mass is 16.5. The van der Waals surface area contributed by atoms with Crippen molar-refractivity contribution in [1.82, 2.24) is 10.2 Å². The molecule has 148 valence electrons. The summed E-state index contributed by atoms with van der Waals surface area (Å²) in [5.74, 6) is 1.49. The zero-order valence-corrected chi connectivity index (χ0v) is 16.4. The Balaban J connectivity index is 1.38. The van der Waals surface area contributed by atoms with E-state index in [4.69, 9.17) is 4.74 Å². The van der Waals surface area contributed by atoms with Gasteiger partial charge in [-0.15, -0.1) is 0 Å². The first kappa shape index (κ1) is 19.7. The van der Waals surface area contributed by atoms with E-state index in [2.05, 4.69) is 5.32 Å². The van der Waals surface area contributed by atoms with Gasteiger partial charge in [0.1, 0.15) is 5.75 Å². The average Bonchev–Trinajstić information content (AvgIpc) is 2.74. The molecule has 2 aliphatic rings. The number of piperidine rings is 1. The van der Waals surface area contributed by atoms with Gasteiger partial charge in [0.25, 0.3) is 0 Å². The Morgan fingerprint density at radius 3 is 2.48 bits per heavy atom. The van der Waals surface area contributed by atoms with Gasteiger partial charge in [0.05, 0.1) is 7.11 Å². The molecule has 2 fully saturated rings. The Bertz CT molecular complexity index is 632. The second-order valence-electron chi connectivity index (χ2n) is 7.83. The SMILES string of the molecule is COc1cccc(CCNC(=O)C2CCC(C(=O)N3CCCCC3)CC2)c1. The van der Waals surface area contributed by atoms with Crippen LogP contribution in [0.25, 0.3) is 0 Å². The maximum absolute atomic E-state index is 12.6. The van der Waals surface area contributed by atoms with Gasteiger partial charge in [-0.25, -0.2) is 0 Å². The fraction of sp³-hybridized carbons (Fsp3) is 0.636. The first-order valence-corrected chi connectivity index (χ1v) is 10.4. The van der Waals surface area contributed by atoms with Crippen LogP contribution in [0, 0.1) is 11.8 Å². The number of carbonyl (C=O) groups excluding carboxylic acids is 2. The second-order valence-corrected chi connectivity index (χ2v) is 7.83. The smallest absolute Gasteiger partial charge is 0.225 e. The minimum Gasteiger partial charge on any atom is -0.497 e. The molecule has 1 aliphatic heterocycles. The van der Waals surface area contributed by atoms with Crippen molar-refractivity contribution in [3.63, 3.8) is 0 Å². The van der Waals surface area contributed by atoms with Crippen molar-refractivity contribution < 1.29 is 14.3 Å². The summed E-state index contributed by atoms with van der Waals surface area (Å²) in [6, 6.07) is 7.94. The lowest BCUT2D eigenvalue weighted by molar-refractivity contribution is -0.139. The number of nitrogens with one attached hydrogen (secondary N) is 1. The standard InChI is InChI=1S/C22H32N2O3/c1-27-20-7-5-6-17(16-20)12-13-23-21(25)18-8-10-19(11-9-18)22(26)24-14-3-2-4-15-24/h5-7,16,18-19H,2-4,8-15H2,1H3,(H,23,25). The van der Waals surface area contributed by atoms with Gasteiger partial charge in [-0.2, -0.15) is 0 Å². The predicted molar refractivity (Wildman–Crippen MR) is 106 cm³/mol. The summed E-state index contributed by atoms with van der Waals surface area (Å²) in [7, 11) is 1.66. The number of rotatable bonds is 6. The highest BCUT2D eigenvalue weighted by Gasteiger charge is 2.32. The van der Waals surface area contributed by atoms with Gasteiger partial charge in [0.2, 0.25) is 11.8 Å². The minimum absolute atomic E-state index is 0.0562. The predicted octanol–water partition coefficient (Wildman–Crippen LogP) is 3.17. The van der Waals surface area contributed by atoms with Gasteiger partial charge in [-0.1, -0.05) is 12.1 Å². The molecule has 0 unspecified atom stereocenters. The number of methoxy groups -OCH3 is 1. The molecule has 0 bridgehead atoms. The molecule has 0 atom stereocenters.